The second kappa shape index (κ2) is 6.36. The van der Waals surface area contributed by atoms with Gasteiger partial charge in [-0.3, -0.25) is 4.79 Å². The lowest BCUT2D eigenvalue weighted by Gasteiger charge is -2.09. The highest BCUT2D eigenvalue weighted by Gasteiger charge is 2.12. The van der Waals surface area contributed by atoms with Gasteiger partial charge in [-0.05, 0) is 37.0 Å². The predicted octanol–water partition coefficient (Wildman–Crippen LogP) is 3.05. The third-order valence-electron chi connectivity index (χ3n) is 3.10. The molecule has 3 heteroatoms. The molecule has 0 aliphatic rings. The number of hydrogen-bond donors (Lipinski definition) is 2. The zero-order valence-corrected chi connectivity index (χ0v) is 11.1. The fraction of sp³-hybridized carbons (Fsp3) is 0.400. The van der Waals surface area contributed by atoms with Crippen LogP contribution >= 0.6 is 0 Å². The van der Waals surface area contributed by atoms with Gasteiger partial charge in [-0.2, -0.15) is 0 Å². The van der Waals surface area contributed by atoms with Crippen molar-refractivity contribution in [3.63, 3.8) is 0 Å². The minimum Gasteiger partial charge on any atom is -0.481 e. The maximum absolute atomic E-state index is 10.9. The Bertz CT molecular complexity index is 430. The van der Waals surface area contributed by atoms with Crippen molar-refractivity contribution in [3.8, 4) is 0 Å². The van der Waals surface area contributed by atoms with Crippen molar-refractivity contribution in [1.29, 1.82) is 0 Å². The lowest BCUT2D eigenvalue weighted by atomic mass is 9.98. The third kappa shape index (κ3) is 3.70. The fourth-order valence-electron chi connectivity index (χ4n) is 1.76. The Balaban J connectivity index is 2.92. The molecule has 0 aliphatic carbocycles. The molecule has 3 nitrogen and oxygen atoms in total. The fourth-order valence-corrected chi connectivity index (χ4v) is 1.76. The van der Waals surface area contributed by atoms with Crippen molar-refractivity contribution in [2.45, 2.75) is 39.2 Å². The summed E-state index contributed by atoms with van der Waals surface area (Å²) in [4.78, 5) is 10.9. The van der Waals surface area contributed by atoms with Gasteiger partial charge in [0.1, 0.15) is 0 Å². The number of benzene rings is 1. The van der Waals surface area contributed by atoms with Crippen LogP contribution < -0.4 is 0 Å². The average Bonchev–Trinajstić information content (AvgIpc) is 2.35. The van der Waals surface area contributed by atoms with E-state index in [2.05, 4.69) is 0 Å². The van der Waals surface area contributed by atoms with Gasteiger partial charge in [0, 0.05) is 0 Å². The van der Waals surface area contributed by atoms with E-state index >= 15 is 0 Å². The Morgan fingerprint density at radius 3 is 2.22 bits per heavy atom. The number of hydrogen-bond acceptors (Lipinski definition) is 2. The van der Waals surface area contributed by atoms with Crippen LogP contribution in [0.15, 0.2) is 29.8 Å². The van der Waals surface area contributed by atoms with Crippen LogP contribution in [-0.2, 0) is 4.79 Å². The van der Waals surface area contributed by atoms with E-state index in [1.165, 1.54) is 0 Å². The quantitative estimate of drug-likeness (QED) is 0.842. The molecular weight excluding hydrogens is 228 g/mol. The van der Waals surface area contributed by atoms with Crippen LogP contribution in [-0.4, -0.2) is 22.3 Å². The number of carboxylic acids is 1. The van der Waals surface area contributed by atoms with E-state index in [0.29, 0.717) is 0 Å². The molecular formula is C15H20O3. The zero-order chi connectivity index (χ0) is 13.7. The maximum atomic E-state index is 10.9. The molecule has 1 aromatic carbocycles. The lowest BCUT2D eigenvalue weighted by molar-refractivity contribution is -0.138. The summed E-state index contributed by atoms with van der Waals surface area (Å²) < 4.78 is 0. The van der Waals surface area contributed by atoms with Crippen molar-refractivity contribution in [1.82, 2.24) is 0 Å². The van der Waals surface area contributed by atoms with Crippen LogP contribution in [0, 0.1) is 0 Å². The highest BCUT2D eigenvalue weighted by molar-refractivity contribution is 5.75. The van der Waals surface area contributed by atoms with E-state index in [9.17, 15) is 9.90 Å². The molecule has 1 aromatic rings. The van der Waals surface area contributed by atoms with Crippen LogP contribution in [0.25, 0.3) is 6.08 Å². The number of carboxylic acid groups (broad SMARTS) is 1. The molecule has 0 spiro atoms. The van der Waals surface area contributed by atoms with Gasteiger partial charge < -0.3 is 10.2 Å². The summed E-state index contributed by atoms with van der Waals surface area (Å²) >= 11 is 0. The summed E-state index contributed by atoms with van der Waals surface area (Å²) in [6, 6.07) is 7.40. The molecule has 0 aromatic heterocycles. The minimum atomic E-state index is -0.823. The van der Waals surface area contributed by atoms with Crippen LogP contribution in [0.1, 0.15) is 44.2 Å². The zero-order valence-electron chi connectivity index (χ0n) is 11.1. The summed E-state index contributed by atoms with van der Waals surface area (Å²) in [6.07, 6.45) is 2.29. The van der Waals surface area contributed by atoms with Crippen LogP contribution in [0.3, 0.4) is 0 Å². The average molecular weight is 248 g/mol. The summed E-state index contributed by atoms with van der Waals surface area (Å²) in [6.45, 7) is 5.41. The van der Waals surface area contributed by atoms with Gasteiger partial charge in [0.2, 0.25) is 0 Å². The van der Waals surface area contributed by atoms with Gasteiger partial charge in [-0.25, -0.2) is 0 Å². The molecule has 0 amide bonds. The Hall–Kier alpha value is -1.61. The molecule has 0 aliphatic heterocycles. The molecule has 0 fully saturated rings. The SMILES string of the molecule is CCC(=Cc1ccc(C(C)C(=O)O)cc1)C(C)O. The van der Waals surface area contributed by atoms with Crippen LogP contribution in [0.4, 0.5) is 0 Å². The number of aliphatic hydroxyl groups excluding tert-OH is 1. The highest BCUT2D eigenvalue weighted by Crippen LogP contribution is 2.18. The lowest BCUT2D eigenvalue weighted by Crippen LogP contribution is -2.07. The molecule has 2 atom stereocenters. The summed E-state index contributed by atoms with van der Waals surface area (Å²) in [5.41, 5.74) is 2.73. The van der Waals surface area contributed by atoms with Crippen molar-refractivity contribution >= 4 is 12.0 Å². The van der Waals surface area contributed by atoms with Gasteiger partial charge in [-0.15, -0.1) is 0 Å². The molecule has 2 unspecified atom stereocenters. The van der Waals surface area contributed by atoms with Crippen molar-refractivity contribution < 1.29 is 15.0 Å². The maximum Gasteiger partial charge on any atom is 0.310 e. The van der Waals surface area contributed by atoms with E-state index in [4.69, 9.17) is 5.11 Å². The molecule has 0 saturated heterocycles. The summed E-state index contributed by atoms with van der Waals surface area (Å²) in [7, 11) is 0. The molecule has 18 heavy (non-hydrogen) atoms. The Morgan fingerprint density at radius 1 is 1.28 bits per heavy atom. The molecule has 1 rings (SSSR count). The van der Waals surface area contributed by atoms with Crippen LogP contribution in [0.5, 0.6) is 0 Å². The minimum absolute atomic E-state index is 0.451. The number of aliphatic carboxylic acids is 1. The molecule has 0 heterocycles. The number of rotatable bonds is 5. The first-order valence-corrected chi connectivity index (χ1v) is 6.17. The highest BCUT2D eigenvalue weighted by atomic mass is 16.4. The van der Waals surface area contributed by atoms with Gasteiger partial charge in [-0.1, -0.05) is 37.3 Å². The molecule has 0 bridgehead atoms. The first-order valence-electron chi connectivity index (χ1n) is 6.17. The Labute approximate surface area is 108 Å². The Kier molecular flexibility index (Phi) is 5.10. The van der Waals surface area contributed by atoms with Crippen molar-refractivity contribution in [2.24, 2.45) is 0 Å². The second-order valence-electron chi connectivity index (χ2n) is 4.48. The van der Waals surface area contributed by atoms with Gasteiger partial charge in [0.15, 0.2) is 0 Å². The van der Waals surface area contributed by atoms with Crippen molar-refractivity contribution in [2.75, 3.05) is 0 Å². The summed E-state index contributed by atoms with van der Waals surface area (Å²) in [5.74, 6) is -1.32. The summed E-state index contributed by atoms with van der Waals surface area (Å²) in [5, 5.41) is 18.5. The van der Waals surface area contributed by atoms with E-state index in [0.717, 1.165) is 23.1 Å². The molecule has 2 N–H and O–H groups in total. The first kappa shape index (κ1) is 14.5. The predicted molar refractivity (Wildman–Crippen MR) is 72.4 cm³/mol. The van der Waals surface area contributed by atoms with Gasteiger partial charge >= 0.3 is 5.97 Å². The topological polar surface area (TPSA) is 57.5 Å². The second-order valence-corrected chi connectivity index (χ2v) is 4.48. The molecule has 0 saturated carbocycles. The molecule has 98 valence electrons. The van der Waals surface area contributed by atoms with Gasteiger partial charge in [0.25, 0.3) is 0 Å². The molecule has 0 radical (unpaired) electrons. The van der Waals surface area contributed by atoms with E-state index in [-0.39, 0.29) is 0 Å². The largest absolute Gasteiger partial charge is 0.481 e. The van der Waals surface area contributed by atoms with E-state index < -0.39 is 18.0 Å². The third-order valence-corrected chi connectivity index (χ3v) is 3.10. The number of carbonyl (C=O) groups is 1. The van der Waals surface area contributed by atoms with E-state index in [1.807, 2.05) is 37.3 Å². The number of aliphatic hydroxyl groups is 1. The normalized spacial score (nSPS) is 15.2. The first-order chi connectivity index (χ1) is 8.45. The monoisotopic (exact) mass is 248 g/mol. The van der Waals surface area contributed by atoms with Gasteiger partial charge in [0.05, 0.1) is 12.0 Å². The standard InChI is InChI=1S/C15H20O3/c1-4-13(11(3)16)9-12-5-7-14(8-6-12)10(2)15(17)18/h5-11,16H,4H2,1-3H3,(H,17,18). The Morgan fingerprint density at radius 2 is 1.83 bits per heavy atom. The van der Waals surface area contributed by atoms with Crippen molar-refractivity contribution in [3.05, 3.63) is 41.0 Å². The van der Waals surface area contributed by atoms with Crippen LogP contribution in [0.2, 0.25) is 0 Å². The smallest absolute Gasteiger partial charge is 0.310 e. The van der Waals surface area contributed by atoms with E-state index in [1.54, 1.807) is 13.8 Å².